The van der Waals surface area contributed by atoms with Crippen LogP contribution in [-0.2, 0) is 10.2 Å². The van der Waals surface area contributed by atoms with Gasteiger partial charge in [0.25, 0.3) is 5.56 Å². The van der Waals surface area contributed by atoms with Crippen molar-refractivity contribution in [1.82, 2.24) is 9.78 Å². The predicted molar refractivity (Wildman–Crippen MR) is 78.3 cm³/mol. The Morgan fingerprint density at radius 2 is 1.85 bits per heavy atom. The van der Waals surface area contributed by atoms with Gasteiger partial charge in [-0.3, -0.25) is 4.79 Å². The van der Waals surface area contributed by atoms with Crippen LogP contribution in [0, 0.1) is 0 Å². The summed E-state index contributed by atoms with van der Waals surface area (Å²) >= 11 is 0. The lowest BCUT2D eigenvalue weighted by Crippen LogP contribution is -2.35. The molecular formula is C16H24N2O2. The Morgan fingerprint density at radius 1 is 1.20 bits per heavy atom. The molecule has 0 radical (unpaired) electrons. The van der Waals surface area contributed by atoms with E-state index in [-0.39, 0.29) is 17.0 Å². The normalized spacial score (nSPS) is 21.1. The molecule has 2 fully saturated rings. The van der Waals surface area contributed by atoms with E-state index in [4.69, 9.17) is 4.74 Å². The molecule has 20 heavy (non-hydrogen) atoms. The van der Waals surface area contributed by atoms with Crippen molar-refractivity contribution in [3.05, 3.63) is 27.7 Å². The van der Waals surface area contributed by atoms with Crippen LogP contribution < -0.4 is 5.56 Å². The predicted octanol–water partition coefficient (Wildman–Crippen LogP) is 2.77. The molecule has 0 bridgehead atoms. The van der Waals surface area contributed by atoms with Crippen molar-refractivity contribution in [2.24, 2.45) is 0 Å². The fourth-order valence-corrected chi connectivity index (χ4v) is 2.76. The summed E-state index contributed by atoms with van der Waals surface area (Å²) < 4.78 is 7.17. The summed E-state index contributed by atoms with van der Waals surface area (Å²) in [4.78, 5) is 12.7. The lowest BCUT2D eigenvalue weighted by molar-refractivity contribution is 0.0643. The van der Waals surface area contributed by atoms with Crippen LogP contribution in [0.2, 0.25) is 0 Å². The summed E-state index contributed by atoms with van der Waals surface area (Å²) in [5.41, 5.74) is 2.12. The van der Waals surface area contributed by atoms with Crippen molar-refractivity contribution in [3.63, 3.8) is 0 Å². The van der Waals surface area contributed by atoms with Crippen molar-refractivity contribution < 1.29 is 4.74 Å². The van der Waals surface area contributed by atoms with Crippen LogP contribution in [0.15, 0.2) is 10.9 Å². The molecule has 1 aliphatic carbocycles. The Bertz CT molecular complexity index is 547. The van der Waals surface area contributed by atoms with Gasteiger partial charge in [-0.25, -0.2) is 4.68 Å². The first-order chi connectivity index (χ1) is 9.47. The van der Waals surface area contributed by atoms with Gasteiger partial charge in [0, 0.05) is 24.2 Å². The van der Waals surface area contributed by atoms with Gasteiger partial charge in [-0.1, -0.05) is 20.8 Å². The highest BCUT2D eigenvalue weighted by atomic mass is 16.5. The zero-order valence-electron chi connectivity index (χ0n) is 12.7. The van der Waals surface area contributed by atoms with Gasteiger partial charge in [-0.2, -0.15) is 5.10 Å². The second-order valence-corrected chi connectivity index (χ2v) is 7.10. The lowest BCUT2D eigenvalue weighted by atomic mass is 9.90. The highest BCUT2D eigenvalue weighted by molar-refractivity contribution is 5.25. The van der Waals surface area contributed by atoms with Crippen LogP contribution >= 0.6 is 0 Å². The highest BCUT2D eigenvalue weighted by Crippen LogP contribution is 2.39. The molecule has 0 N–H and O–H groups in total. The van der Waals surface area contributed by atoms with E-state index in [0.717, 1.165) is 50.2 Å². The van der Waals surface area contributed by atoms with E-state index in [1.54, 1.807) is 4.68 Å². The van der Waals surface area contributed by atoms with Crippen LogP contribution in [0.1, 0.15) is 69.7 Å². The van der Waals surface area contributed by atoms with E-state index in [9.17, 15) is 4.79 Å². The van der Waals surface area contributed by atoms with E-state index in [0.29, 0.717) is 5.92 Å². The van der Waals surface area contributed by atoms with Gasteiger partial charge in [0.2, 0.25) is 0 Å². The maximum Gasteiger partial charge on any atom is 0.270 e. The molecule has 1 saturated carbocycles. The van der Waals surface area contributed by atoms with Crippen LogP contribution in [-0.4, -0.2) is 23.0 Å². The molecule has 1 aromatic rings. The number of rotatable bonds is 2. The summed E-state index contributed by atoms with van der Waals surface area (Å²) in [7, 11) is 0. The Balaban J connectivity index is 2.06. The highest BCUT2D eigenvalue weighted by Gasteiger charge is 2.31. The number of hydrogen-bond acceptors (Lipinski definition) is 3. The molecule has 0 aromatic carbocycles. The maximum absolute atomic E-state index is 12.7. The molecule has 4 heteroatoms. The van der Waals surface area contributed by atoms with E-state index >= 15 is 0 Å². The first kappa shape index (κ1) is 13.8. The van der Waals surface area contributed by atoms with E-state index in [1.807, 2.05) is 0 Å². The standard InChI is InChI=1S/C16H24N2O2/c1-16(2,3)14-10-13(11-4-5-11)15(19)18(17-14)12-6-8-20-9-7-12/h10-12H,4-9H2,1-3H3. The molecule has 3 rings (SSSR count). The van der Waals surface area contributed by atoms with E-state index < -0.39 is 0 Å². The molecule has 0 amide bonds. The zero-order valence-corrected chi connectivity index (χ0v) is 12.7. The van der Waals surface area contributed by atoms with Gasteiger partial charge in [0.05, 0.1) is 11.7 Å². The second kappa shape index (κ2) is 4.99. The maximum atomic E-state index is 12.7. The Labute approximate surface area is 120 Å². The first-order valence-electron chi connectivity index (χ1n) is 7.69. The third kappa shape index (κ3) is 2.66. The molecular weight excluding hydrogens is 252 g/mol. The van der Waals surface area contributed by atoms with Crippen molar-refractivity contribution in [3.8, 4) is 0 Å². The minimum absolute atomic E-state index is 0.0236. The first-order valence-corrected chi connectivity index (χ1v) is 7.69. The van der Waals surface area contributed by atoms with Gasteiger partial charge < -0.3 is 4.74 Å². The van der Waals surface area contributed by atoms with Gasteiger partial charge in [0.1, 0.15) is 0 Å². The molecule has 0 atom stereocenters. The summed E-state index contributed by atoms with van der Waals surface area (Å²) in [6.07, 6.45) is 4.09. The molecule has 4 nitrogen and oxygen atoms in total. The number of aromatic nitrogens is 2. The van der Waals surface area contributed by atoms with Gasteiger partial charge in [-0.15, -0.1) is 0 Å². The summed E-state index contributed by atoms with van der Waals surface area (Å²) in [5.74, 6) is 0.470. The summed E-state index contributed by atoms with van der Waals surface area (Å²) in [6, 6.07) is 2.26. The van der Waals surface area contributed by atoms with Crippen molar-refractivity contribution in [2.45, 2.75) is 63.8 Å². The fourth-order valence-electron chi connectivity index (χ4n) is 2.76. The molecule has 2 aliphatic rings. The smallest absolute Gasteiger partial charge is 0.270 e. The topological polar surface area (TPSA) is 44.1 Å². The summed E-state index contributed by atoms with van der Waals surface area (Å²) in [5, 5.41) is 4.69. The molecule has 0 spiro atoms. The summed E-state index contributed by atoms with van der Waals surface area (Å²) in [6.45, 7) is 7.94. The monoisotopic (exact) mass is 276 g/mol. The molecule has 1 aromatic heterocycles. The van der Waals surface area contributed by atoms with Gasteiger partial charge in [-0.05, 0) is 37.7 Å². The largest absolute Gasteiger partial charge is 0.381 e. The number of hydrogen-bond donors (Lipinski definition) is 0. The molecule has 1 saturated heterocycles. The number of ether oxygens (including phenoxy) is 1. The average Bonchev–Trinajstić information content (AvgIpc) is 3.23. The molecule has 1 aliphatic heterocycles. The zero-order chi connectivity index (χ0) is 14.3. The quantitative estimate of drug-likeness (QED) is 0.834. The SMILES string of the molecule is CC(C)(C)c1cc(C2CC2)c(=O)n(C2CCOCC2)n1. The Hall–Kier alpha value is -1.16. The van der Waals surface area contributed by atoms with Crippen LogP contribution in [0.5, 0.6) is 0 Å². The Morgan fingerprint density at radius 3 is 2.40 bits per heavy atom. The Kier molecular flexibility index (Phi) is 3.44. The third-order valence-electron chi connectivity index (χ3n) is 4.29. The third-order valence-corrected chi connectivity index (χ3v) is 4.29. The van der Waals surface area contributed by atoms with Crippen LogP contribution in [0.3, 0.4) is 0 Å². The molecule has 0 unspecified atom stereocenters. The van der Waals surface area contributed by atoms with Crippen LogP contribution in [0.4, 0.5) is 0 Å². The minimum Gasteiger partial charge on any atom is -0.381 e. The number of nitrogens with zero attached hydrogens (tertiary/aromatic N) is 2. The molecule has 110 valence electrons. The van der Waals surface area contributed by atoms with Crippen molar-refractivity contribution in [1.29, 1.82) is 0 Å². The molecule has 2 heterocycles. The van der Waals surface area contributed by atoms with E-state index in [1.165, 1.54) is 0 Å². The van der Waals surface area contributed by atoms with Crippen LogP contribution in [0.25, 0.3) is 0 Å². The van der Waals surface area contributed by atoms with Crippen molar-refractivity contribution in [2.75, 3.05) is 13.2 Å². The minimum atomic E-state index is -0.0236. The average molecular weight is 276 g/mol. The fraction of sp³-hybridized carbons (Fsp3) is 0.750. The van der Waals surface area contributed by atoms with Gasteiger partial charge >= 0.3 is 0 Å². The van der Waals surface area contributed by atoms with Crippen molar-refractivity contribution >= 4 is 0 Å². The van der Waals surface area contributed by atoms with Gasteiger partial charge in [0.15, 0.2) is 0 Å². The second-order valence-electron chi connectivity index (χ2n) is 7.10. The van der Waals surface area contributed by atoms with E-state index in [2.05, 4.69) is 31.9 Å². The lowest BCUT2D eigenvalue weighted by Gasteiger charge is -2.26.